The van der Waals surface area contributed by atoms with Gasteiger partial charge in [-0.05, 0) is 68.8 Å². The Morgan fingerprint density at radius 1 is 1.14 bits per heavy atom. The maximum absolute atomic E-state index is 12.9. The number of hydrogen-bond acceptors (Lipinski definition) is 3. The minimum atomic E-state index is -4.60. The second-order valence-corrected chi connectivity index (χ2v) is 9.11. The first-order chi connectivity index (χ1) is 13.6. The van der Waals surface area contributed by atoms with Gasteiger partial charge in [0.1, 0.15) is 0 Å². The van der Waals surface area contributed by atoms with E-state index in [4.69, 9.17) is 0 Å². The van der Waals surface area contributed by atoms with Crippen LogP contribution in [-0.4, -0.2) is 32.4 Å². The highest BCUT2D eigenvalue weighted by Gasteiger charge is 2.32. The molecule has 1 N–H and O–H groups in total. The first-order valence-electron chi connectivity index (χ1n) is 9.66. The van der Waals surface area contributed by atoms with Gasteiger partial charge in [-0.2, -0.15) is 13.2 Å². The first-order valence-corrected chi connectivity index (χ1v) is 11.1. The molecule has 1 aliphatic heterocycles. The molecule has 1 saturated heterocycles. The van der Waals surface area contributed by atoms with E-state index in [1.54, 1.807) is 12.1 Å². The van der Waals surface area contributed by atoms with Gasteiger partial charge in [-0.25, -0.2) is 8.42 Å². The Morgan fingerprint density at radius 2 is 1.83 bits per heavy atom. The van der Waals surface area contributed by atoms with Crippen LogP contribution in [0.1, 0.15) is 43.7 Å². The lowest BCUT2D eigenvalue weighted by molar-refractivity contribution is -0.137. The quantitative estimate of drug-likeness (QED) is 0.700. The van der Waals surface area contributed by atoms with E-state index in [0.717, 1.165) is 49.7 Å². The largest absolute Gasteiger partial charge is 0.416 e. The van der Waals surface area contributed by atoms with Gasteiger partial charge in [0.25, 0.3) is 10.0 Å². The summed E-state index contributed by atoms with van der Waals surface area (Å²) in [6.07, 6.45) is -2.44. The highest BCUT2D eigenvalue weighted by molar-refractivity contribution is 7.92. The third-order valence-electron chi connectivity index (χ3n) is 5.46. The maximum atomic E-state index is 12.9. The second-order valence-electron chi connectivity index (χ2n) is 7.42. The zero-order valence-electron chi connectivity index (χ0n) is 16.4. The molecule has 0 amide bonds. The van der Waals surface area contributed by atoms with Gasteiger partial charge in [0.2, 0.25) is 0 Å². The number of benzene rings is 2. The lowest BCUT2D eigenvalue weighted by Crippen LogP contribution is -2.30. The molecule has 1 fully saturated rings. The number of alkyl halides is 3. The molecule has 0 radical (unpaired) electrons. The highest BCUT2D eigenvalue weighted by atomic mass is 32.2. The summed E-state index contributed by atoms with van der Waals surface area (Å²) in [4.78, 5) is 2.03. The van der Waals surface area contributed by atoms with E-state index in [1.165, 1.54) is 0 Å². The van der Waals surface area contributed by atoms with Gasteiger partial charge in [0.15, 0.2) is 0 Å². The Bertz CT molecular complexity index is 943. The average Bonchev–Trinajstić information content (AvgIpc) is 3.02. The number of nitrogens with one attached hydrogen (secondary N) is 1. The lowest BCUT2D eigenvalue weighted by atomic mass is 9.92. The Morgan fingerprint density at radius 3 is 2.45 bits per heavy atom. The van der Waals surface area contributed by atoms with Crippen molar-refractivity contribution in [3.63, 3.8) is 0 Å². The molecule has 1 heterocycles. The molecule has 1 aliphatic rings. The van der Waals surface area contributed by atoms with Crippen LogP contribution in [0.2, 0.25) is 0 Å². The van der Waals surface area contributed by atoms with Crippen molar-refractivity contribution in [1.29, 1.82) is 0 Å². The summed E-state index contributed by atoms with van der Waals surface area (Å²) in [5, 5.41) is 0. The molecule has 158 valence electrons. The van der Waals surface area contributed by atoms with Crippen LogP contribution in [0.5, 0.6) is 0 Å². The predicted molar refractivity (Wildman–Crippen MR) is 107 cm³/mol. The predicted octanol–water partition coefficient (Wildman–Crippen LogP) is 5.09. The van der Waals surface area contributed by atoms with E-state index in [1.807, 2.05) is 12.1 Å². The van der Waals surface area contributed by atoms with Crippen molar-refractivity contribution in [2.24, 2.45) is 0 Å². The van der Waals surface area contributed by atoms with Gasteiger partial charge in [-0.1, -0.05) is 25.1 Å². The number of hydrogen-bond donors (Lipinski definition) is 1. The summed E-state index contributed by atoms with van der Waals surface area (Å²) in [7, 11) is -4.11. The molecular formula is C21H25F3N2O2S. The molecule has 0 saturated carbocycles. The first kappa shape index (κ1) is 21.6. The molecular weight excluding hydrogens is 401 g/mol. The molecule has 29 heavy (non-hydrogen) atoms. The van der Waals surface area contributed by atoms with Crippen LogP contribution in [0.4, 0.5) is 18.9 Å². The molecule has 8 heteroatoms. The molecule has 4 nitrogen and oxygen atoms in total. The summed E-state index contributed by atoms with van der Waals surface area (Å²) in [5.74, 6) is 0.385. The van der Waals surface area contributed by atoms with Gasteiger partial charge in [-0.3, -0.25) is 4.72 Å². The van der Waals surface area contributed by atoms with Crippen LogP contribution in [-0.2, 0) is 16.2 Å². The van der Waals surface area contributed by atoms with Gasteiger partial charge >= 0.3 is 6.18 Å². The summed E-state index contributed by atoms with van der Waals surface area (Å²) >= 11 is 0. The zero-order valence-corrected chi connectivity index (χ0v) is 17.2. The molecule has 0 bridgehead atoms. The van der Waals surface area contributed by atoms with Crippen LogP contribution in [0.25, 0.3) is 0 Å². The van der Waals surface area contributed by atoms with E-state index >= 15 is 0 Å². The standard InChI is InChI=1S/C21H25F3N2O2S/c1-3-12-26-13-11-20(15(26)2)16-7-9-18(10-8-16)25-29(27,28)19-6-4-5-17(14-19)21(22,23)24/h4-10,14-15,20,25H,3,11-13H2,1-2H3/t15-,20-/m0/s1. The number of anilines is 1. The molecule has 0 aromatic heterocycles. The number of rotatable bonds is 6. The normalized spacial score (nSPS) is 20.7. The Hall–Kier alpha value is -2.06. The van der Waals surface area contributed by atoms with Crippen molar-refractivity contribution in [2.75, 3.05) is 17.8 Å². The molecule has 0 unspecified atom stereocenters. The van der Waals surface area contributed by atoms with E-state index in [-0.39, 0.29) is 0 Å². The van der Waals surface area contributed by atoms with Crippen molar-refractivity contribution in [3.05, 3.63) is 59.7 Å². The van der Waals surface area contributed by atoms with Gasteiger partial charge in [0.05, 0.1) is 10.5 Å². The lowest BCUT2D eigenvalue weighted by Gasteiger charge is -2.24. The smallest absolute Gasteiger partial charge is 0.300 e. The number of likely N-dealkylation sites (tertiary alicyclic amines) is 1. The Labute approximate surface area is 169 Å². The van der Waals surface area contributed by atoms with Gasteiger partial charge in [0, 0.05) is 17.6 Å². The van der Waals surface area contributed by atoms with Crippen molar-refractivity contribution >= 4 is 15.7 Å². The summed E-state index contributed by atoms with van der Waals surface area (Å²) in [6.45, 7) is 6.47. The number of sulfonamides is 1. The van der Waals surface area contributed by atoms with Crippen LogP contribution >= 0.6 is 0 Å². The molecule has 0 aliphatic carbocycles. The average molecular weight is 427 g/mol. The molecule has 2 aromatic rings. The molecule has 2 aromatic carbocycles. The van der Waals surface area contributed by atoms with Gasteiger partial charge in [-0.15, -0.1) is 0 Å². The second kappa shape index (κ2) is 8.36. The highest BCUT2D eigenvalue weighted by Crippen LogP contribution is 2.34. The van der Waals surface area contributed by atoms with Gasteiger partial charge < -0.3 is 4.90 Å². The SMILES string of the molecule is CCCN1CC[C@H](c2ccc(NS(=O)(=O)c3cccc(C(F)(F)F)c3)cc2)[C@@H]1C. The Kier molecular flexibility index (Phi) is 6.24. The molecule has 2 atom stereocenters. The van der Waals surface area contributed by atoms with Crippen molar-refractivity contribution in [3.8, 4) is 0 Å². The van der Waals surface area contributed by atoms with E-state index in [0.29, 0.717) is 23.7 Å². The number of nitrogens with zero attached hydrogens (tertiary/aromatic N) is 1. The fourth-order valence-electron chi connectivity index (χ4n) is 3.90. The fraction of sp³-hybridized carbons (Fsp3) is 0.429. The van der Waals surface area contributed by atoms with Crippen molar-refractivity contribution in [1.82, 2.24) is 4.90 Å². The monoisotopic (exact) mass is 426 g/mol. The summed E-state index contributed by atoms with van der Waals surface area (Å²) < 4.78 is 66.0. The third kappa shape index (κ3) is 4.93. The van der Waals surface area contributed by atoms with Crippen LogP contribution in [0.15, 0.2) is 53.4 Å². The minimum absolute atomic E-state index is 0.322. The van der Waals surface area contributed by atoms with E-state index in [9.17, 15) is 21.6 Å². The minimum Gasteiger partial charge on any atom is -0.300 e. The molecule has 3 rings (SSSR count). The third-order valence-corrected chi connectivity index (χ3v) is 6.84. The van der Waals surface area contributed by atoms with Crippen molar-refractivity contribution in [2.45, 2.75) is 49.7 Å². The topological polar surface area (TPSA) is 49.4 Å². The fourth-order valence-corrected chi connectivity index (χ4v) is 5.01. The van der Waals surface area contributed by atoms with Crippen LogP contribution < -0.4 is 4.72 Å². The number of halogens is 3. The zero-order chi connectivity index (χ0) is 21.2. The Balaban J connectivity index is 1.74. The van der Waals surface area contributed by atoms with Crippen molar-refractivity contribution < 1.29 is 21.6 Å². The van der Waals surface area contributed by atoms with Crippen LogP contribution in [0, 0.1) is 0 Å². The summed E-state index contributed by atoms with van der Waals surface area (Å²) in [5.41, 5.74) is 0.461. The summed E-state index contributed by atoms with van der Waals surface area (Å²) in [6, 6.07) is 11.2. The van der Waals surface area contributed by atoms with Crippen LogP contribution in [0.3, 0.4) is 0 Å². The maximum Gasteiger partial charge on any atom is 0.416 e. The van der Waals surface area contributed by atoms with E-state index in [2.05, 4.69) is 23.5 Å². The van der Waals surface area contributed by atoms with E-state index < -0.39 is 26.7 Å². The molecule has 0 spiro atoms.